The zero-order valence-electron chi connectivity index (χ0n) is 11.7. The molecule has 2 aromatic rings. The highest BCUT2D eigenvalue weighted by atomic mass is 35.5. The number of benzene rings is 1. The average molecular weight is 322 g/mol. The molecule has 0 saturated carbocycles. The lowest BCUT2D eigenvalue weighted by molar-refractivity contribution is -0.158. The molecule has 0 fully saturated rings. The van der Waals surface area contributed by atoms with Gasteiger partial charge in [0.05, 0.1) is 0 Å². The van der Waals surface area contributed by atoms with Crippen molar-refractivity contribution in [2.24, 2.45) is 0 Å². The minimum atomic E-state index is -0.354. The molecule has 1 unspecified atom stereocenters. The van der Waals surface area contributed by atoms with Gasteiger partial charge in [-0.3, -0.25) is 9.69 Å². The van der Waals surface area contributed by atoms with E-state index in [0.717, 1.165) is 25.1 Å². The smallest absolute Gasteiger partial charge is 0.304 e. The van der Waals surface area contributed by atoms with Crippen molar-refractivity contribution in [3.63, 3.8) is 0 Å². The molecular formula is C16H16ClNO2S. The van der Waals surface area contributed by atoms with Crippen LogP contribution in [-0.4, -0.2) is 17.4 Å². The van der Waals surface area contributed by atoms with E-state index >= 15 is 0 Å². The fourth-order valence-corrected chi connectivity index (χ4v) is 3.62. The van der Waals surface area contributed by atoms with Gasteiger partial charge in [0.15, 0.2) is 6.23 Å². The number of nitrogens with zero attached hydrogens (tertiary/aromatic N) is 1. The Morgan fingerprint density at radius 1 is 1.33 bits per heavy atom. The zero-order valence-corrected chi connectivity index (χ0v) is 13.3. The number of esters is 1. The van der Waals surface area contributed by atoms with Crippen molar-refractivity contribution in [3.05, 3.63) is 56.7 Å². The molecule has 2 heterocycles. The van der Waals surface area contributed by atoms with Gasteiger partial charge in [-0.2, -0.15) is 0 Å². The van der Waals surface area contributed by atoms with Crippen molar-refractivity contribution in [3.8, 4) is 0 Å². The molecule has 21 heavy (non-hydrogen) atoms. The van der Waals surface area contributed by atoms with Crippen LogP contribution in [0.1, 0.15) is 29.2 Å². The van der Waals surface area contributed by atoms with Gasteiger partial charge in [0.2, 0.25) is 0 Å². The van der Waals surface area contributed by atoms with Gasteiger partial charge in [0.25, 0.3) is 0 Å². The molecule has 0 spiro atoms. The fraction of sp³-hybridized carbons (Fsp3) is 0.312. The van der Waals surface area contributed by atoms with Crippen molar-refractivity contribution >= 4 is 28.9 Å². The quantitative estimate of drug-likeness (QED) is 0.800. The van der Waals surface area contributed by atoms with E-state index in [4.69, 9.17) is 16.3 Å². The standard InChI is InChI=1S/C16H16ClNO2S/c1-11(19)20-16(12-2-4-14(17)5-3-12)18-8-6-15-13(10-18)7-9-21-15/h2-5,7,9,16H,6,8,10H2,1H3. The molecule has 3 rings (SSSR count). The number of halogens is 1. The van der Waals surface area contributed by atoms with E-state index in [-0.39, 0.29) is 12.2 Å². The highest BCUT2D eigenvalue weighted by molar-refractivity contribution is 7.10. The second-order valence-corrected chi connectivity index (χ2v) is 6.54. The minimum Gasteiger partial charge on any atom is -0.442 e. The average Bonchev–Trinajstić information content (AvgIpc) is 2.93. The summed E-state index contributed by atoms with van der Waals surface area (Å²) in [6.07, 6.45) is 0.644. The lowest BCUT2D eigenvalue weighted by atomic mass is 10.1. The molecule has 1 aliphatic heterocycles. The number of ether oxygens (including phenoxy) is 1. The van der Waals surface area contributed by atoms with Crippen LogP contribution in [0.5, 0.6) is 0 Å². The fourth-order valence-electron chi connectivity index (χ4n) is 2.61. The Labute approximate surface area is 133 Å². The lowest BCUT2D eigenvalue weighted by Gasteiger charge is -2.33. The molecule has 1 aromatic heterocycles. The third kappa shape index (κ3) is 3.28. The second-order valence-electron chi connectivity index (χ2n) is 5.10. The first-order chi connectivity index (χ1) is 10.1. The molecule has 110 valence electrons. The van der Waals surface area contributed by atoms with E-state index in [1.54, 1.807) is 11.3 Å². The van der Waals surface area contributed by atoms with Gasteiger partial charge in [-0.25, -0.2) is 0 Å². The molecule has 1 aliphatic rings. The molecular weight excluding hydrogens is 306 g/mol. The first-order valence-electron chi connectivity index (χ1n) is 6.85. The maximum atomic E-state index is 11.5. The number of thiophene rings is 1. The molecule has 0 N–H and O–H groups in total. The van der Waals surface area contributed by atoms with Gasteiger partial charge >= 0.3 is 5.97 Å². The molecule has 1 atom stereocenters. The van der Waals surface area contributed by atoms with Crippen molar-refractivity contribution in [2.75, 3.05) is 6.54 Å². The van der Waals surface area contributed by atoms with E-state index < -0.39 is 0 Å². The van der Waals surface area contributed by atoms with Crippen LogP contribution in [0.2, 0.25) is 5.02 Å². The topological polar surface area (TPSA) is 29.5 Å². The Bertz CT molecular complexity index is 638. The Kier molecular flexibility index (Phi) is 4.29. The predicted molar refractivity (Wildman–Crippen MR) is 84.4 cm³/mol. The second kappa shape index (κ2) is 6.18. The van der Waals surface area contributed by atoms with Gasteiger partial charge < -0.3 is 4.74 Å². The Hall–Kier alpha value is -1.36. The van der Waals surface area contributed by atoms with Crippen LogP contribution in [0, 0.1) is 0 Å². The van der Waals surface area contributed by atoms with Gasteiger partial charge in [-0.15, -0.1) is 11.3 Å². The van der Waals surface area contributed by atoms with Crippen LogP contribution in [0.15, 0.2) is 35.7 Å². The highest BCUT2D eigenvalue weighted by Crippen LogP contribution is 2.31. The molecule has 0 aliphatic carbocycles. The maximum absolute atomic E-state index is 11.5. The van der Waals surface area contributed by atoms with Crippen LogP contribution in [0.3, 0.4) is 0 Å². The number of carbonyl (C=O) groups excluding carboxylic acids is 1. The van der Waals surface area contributed by atoms with Crippen molar-refractivity contribution < 1.29 is 9.53 Å². The van der Waals surface area contributed by atoms with Gasteiger partial charge in [-0.05, 0) is 35.6 Å². The van der Waals surface area contributed by atoms with Gasteiger partial charge in [0.1, 0.15) is 0 Å². The first-order valence-corrected chi connectivity index (χ1v) is 8.11. The highest BCUT2D eigenvalue weighted by Gasteiger charge is 2.27. The Balaban J connectivity index is 1.86. The summed E-state index contributed by atoms with van der Waals surface area (Å²) in [4.78, 5) is 15.1. The summed E-state index contributed by atoms with van der Waals surface area (Å²) in [6, 6.07) is 9.64. The molecule has 5 heteroatoms. The van der Waals surface area contributed by atoms with Crippen molar-refractivity contribution in [2.45, 2.75) is 26.1 Å². The summed E-state index contributed by atoms with van der Waals surface area (Å²) >= 11 is 7.74. The third-order valence-electron chi connectivity index (χ3n) is 3.60. The van der Waals surface area contributed by atoms with Crippen LogP contribution >= 0.6 is 22.9 Å². The number of hydrogen-bond donors (Lipinski definition) is 0. The van der Waals surface area contributed by atoms with E-state index in [9.17, 15) is 4.79 Å². The number of fused-ring (bicyclic) bond motifs is 1. The van der Waals surface area contributed by atoms with Crippen LogP contribution < -0.4 is 0 Å². The van der Waals surface area contributed by atoms with Gasteiger partial charge in [-0.1, -0.05) is 23.7 Å². The normalized spacial score (nSPS) is 16.3. The monoisotopic (exact) mass is 321 g/mol. The molecule has 1 aromatic carbocycles. The third-order valence-corrected chi connectivity index (χ3v) is 4.88. The Morgan fingerprint density at radius 2 is 2.10 bits per heavy atom. The molecule has 3 nitrogen and oxygen atoms in total. The van der Waals surface area contributed by atoms with Crippen LogP contribution in [0.4, 0.5) is 0 Å². The summed E-state index contributed by atoms with van der Waals surface area (Å²) in [5.74, 6) is -0.272. The molecule has 0 radical (unpaired) electrons. The largest absolute Gasteiger partial charge is 0.442 e. The van der Waals surface area contributed by atoms with Gasteiger partial charge in [0, 0.05) is 35.5 Å². The number of carbonyl (C=O) groups is 1. The van der Waals surface area contributed by atoms with E-state index in [2.05, 4.69) is 16.3 Å². The molecule has 0 bridgehead atoms. The van der Waals surface area contributed by atoms with E-state index in [1.165, 1.54) is 17.4 Å². The van der Waals surface area contributed by atoms with Crippen molar-refractivity contribution in [1.82, 2.24) is 4.90 Å². The summed E-state index contributed by atoms with van der Waals surface area (Å²) in [5, 5.41) is 2.80. The van der Waals surface area contributed by atoms with Crippen molar-refractivity contribution in [1.29, 1.82) is 0 Å². The van der Waals surface area contributed by atoms with Crippen LogP contribution in [0.25, 0.3) is 0 Å². The minimum absolute atomic E-state index is 0.272. The van der Waals surface area contributed by atoms with E-state index in [1.807, 2.05) is 24.3 Å². The number of rotatable bonds is 3. The predicted octanol–water partition coefficient (Wildman–Crippen LogP) is 4.02. The molecule has 0 saturated heterocycles. The number of hydrogen-bond acceptors (Lipinski definition) is 4. The summed E-state index contributed by atoms with van der Waals surface area (Å²) in [5.41, 5.74) is 2.28. The molecule has 0 amide bonds. The SMILES string of the molecule is CC(=O)OC(c1ccc(Cl)cc1)N1CCc2sccc2C1. The van der Waals surface area contributed by atoms with Crippen LogP contribution in [-0.2, 0) is 22.5 Å². The first kappa shape index (κ1) is 14.6. The zero-order chi connectivity index (χ0) is 14.8. The lowest BCUT2D eigenvalue weighted by Crippen LogP contribution is -2.35. The summed E-state index contributed by atoms with van der Waals surface area (Å²) in [7, 11) is 0. The maximum Gasteiger partial charge on any atom is 0.304 e. The summed E-state index contributed by atoms with van der Waals surface area (Å²) in [6.45, 7) is 3.14. The Morgan fingerprint density at radius 3 is 2.81 bits per heavy atom. The van der Waals surface area contributed by atoms with E-state index in [0.29, 0.717) is 5.02 Å². The summed E-state index contributed by atoms with van der Waals surface area (Å²) < 4.78 is 5.55.